The van der Waals surface area contributed by atoms with Gasteiger partial charge < -0.3 is 34.9 Å². The average Bonchev–Trinajstić information content (AvgIpc) is 3.09. The number of hydrogen-bond donors (Lipinski definition) is 3. The molecule has 0 saturated heterocycles. The Balaban J connectivity index is 1.96. The molecule has 0 fully saturated rings. The molecule has 0 aliphatic rings. The van der Waals surface area contributed by atoms with Gasteiger partial charge in [-0.25, -0.2) is 4.79 Å². The largest absolute Gasteiger partial charge is 0.508 e. The highest BCUT2D eigenvalue weighted by atomic mass is 16.7. The van der Waals surface area contributed by atoms with Crippen molar-refractivity contribution in [2.24, 2.45) is 5.92 Å². The van der Waals surface area contributed by atoms with Gasteiger partial charge in [-0.2, -0.15) is 0 Å². The lowest BCUT2D eigenvalue weighted by Gasteiger charge is -2.31. The first-order chi connectivity index (χ1) is 25.7. The quantitative estimate of drug-likeness (QED) is 0.0931. The first-order valence-corrected chi connectivity index (χ1v) is 19.4. The van der Waals surface area contributed by atoms with E-state index in [4.69, 9.17) is 18.9 Å². The first-order valence-electron chi connectivity index (χ1n) is 19.4. The summed E-state index contributed by atoms with van der Waals surface area (Å²) >= 11 is 0. The Kier molecular flexibility index (Phi) is 19.4. The number of ether oxygens (including phenoxy) is 4. The molecule has 2 aromatic carbocycles. The highest BCUT2D eigenvalue weighted by Crippen LogP contribution is 2.20. The minimum atomic E-state index is -1.03. The molecule has 0 saturated carbocycles. The molecule has 55 heavy (non-hydrogen) atoms. The number of esters is 1. The molecule has 2 aromatic rings. The van der Waals surface area contributed by atoms with Crippen molar-refractivity contribution >= 4 is 29.8 Å². The van der Waals surface area contributed by atoms with Crippen LogP contribution in [0.2, 0.25) is 0 Å². The molecule has 0 aliphatic carbocycles. The maximum atomic E-state index is 13.7. The molecule has 0 aromatic heterocycles. The molecular formula is C43H65N3O9. The van der Waals surface area contributed by atoms with Gasteiger partial charge >= 0.3 is 12.1 Å². The third-order valence-electron chi connectivity index (χ3n) is 8.89. The summed E-state index contributed by atoms with van der Waals surface area (Å²) in [5.41, 5.74) is -0.307. The number of hydrogen-bond acceptors (Lipinski definition) is 9. The fraction of sp³-hybridized carbons (Fsp3) is 0.605. The van der Waals surface area contributed by atoms with Crippen LogP contribution in [0.4, 0.5) is 4.79 Å². The van der Waals surface area contributed by atoms with Crippen molar-refractivity contribution < 1.29 is 42.9 Å². The van der Waals surface area contributed by atoms with E-state index in [0.29, 0.717) is 31.8 Å². The smallest absolute Gasteiger partial charge is 0.461 e. The lowest BCUT2D eigenvalue weighted by Crippen LogP contribution is -2.54. The number of carbonyl (C=O) groups is 5. The van der Waals surface area contributed by atoms with Gasteiger partial charge in [-0.3, -0.25) is 19.2 Å². The molecule has 0 bridgehead atoms. The Labute approximate surface area is 328 Å². The topological polar surface area (TPSA) is 158 Å². The second-order valence-electron chi connectivity index (χ2n) is 16.6. The molecule has 1 unspecified atom stereocenters. The molecule has 306 valence electrons. The summed E-state index contributed by atoms with van der Waals surface area (Å²) in [6, 6.07) is 17.5. The predicted molar refractivity (Wildman–Crippen MR) is 212 cm³/mol. The minimum absolute atomic E-state index is 0.0109. The number of nitrogens with one attached hydrogen (secondary N) is 3. The van der Waals surface area contributed by atoms with Gasteiger partial charge in [-0.1, -0.05) is 74.5 Å². The molecule has 12 heteroatoms. The van der Waals surface area contributed by atoms with Crippen LogP contribution in [-0.2, 0) is 51.3 Å². The van der Waals surface area contributed by atoms with Crippen molar-refractivity contribution in [3.63, 3.8) is 0 Å². The third kappa shape index (κ3) is 21.3. The summed E-state index contributed by atoms with van der Waals surface area (Å²) in [6.07, 6.45) is 1.08. The molecule has 0 spiro atoms. The normalized spacial score (nSPS) is 13.0. The van der Waals surface area contributed by atoms with E-state index in [-0.39, 0.29) is 50.7 Å². The zero-order chi connectivity index (χ0) is 41.1. The summed E-state index contributed by atoms with van der Waals surface area (Å²) < 4.78 is 22.2. The number of amides is 3. The van der Waals surface area contributed by atoms with Crippen LogP contribution in [-0.4, -0.2) is 65.3 Å². The lowest BCUT2D eigenvalue weighted by molar-refractivity contribution is -0.145. The van der Waals surface area contributed by atoms with Crippen LogP contribution in [0.25, 0.3) is 0 Å². The third-order valence-corrected chi connectivity index (χ3v) is 8.89. The zero-order valence-corrected chi connectivity index (χ0v) is 34.5. The van der Waals surface area contributed by atoms with Crippen molar-refractivity contribution in [1.29, 1.82) is 0 Å². The minimum Gasteiger partial charge on any atom is -0.461 e. The molecule has 2 atom stereocenters. The summed E-state index contributed by atoms with van der Waals surface area (Å²) in [5, 5.41) is 8.85. The number of benzene rings is 2. The zero-order valence-electron chi connectivity index (χ0n) is 34.5. The van der Waals surface area contributed by atoms with E-state index in [0.717, 1.165) is 17.5 Å². The molecule has 3 amide bonds. The van der Waals surface area contributed by atoms with Crippen molar-refractivity contribution in [3.05, 3.63) is 71.8 Å². The first kappa shape index (κ1) is 46.7. The average molecular weight is 768 g/mol. The summed E-state index contributed by atoms with van der Waals surface area (Å²) in [5.74, 6) is -0.890. The van der Waals surface area contributed by atoms with Crippen LogP contribution in [0, 0.1) is 5.92 Å². The molecular weight excluding hydrogens is 702 g/mol. The fourth-order valence-corrected chi connectivity index (χ4v) is 5.75. The summed E-state index contributed by atoms with van der Waals surface area (Å²) in [4.78, 5) is 64.3. The Hall–Kier alpha value is -4.45. The fourth-order valence-electron chi connectivity index (χ4n) is 5.75. The van der Waals surface area contributed by atoms with E-state index in [9.17, 15) is 24.0 Å². The predicted octanol–water partition coefficient (Wildman–Crippen LogP) is 7.32. The molecule has 12 nitrogen and oxygen atoms in total. The van der Waals surface area contributed by atoms with Crippen LogP contribution in [0.5, 0.6) is 0 Å². The van der Waals surface area contributed by atoms with Gasteiger partial charge in [0, 0.05) is 43.4 Å². The molecule has 0 aliphatic heterocycles. The van der Waals surface area contributed by atoms with E-state index >= 15 is 0 Å². The standard InChI is InChI=1S/C43H65N3O9/c1-31(2)20-22-37(48)45-41(4,5)26-27-54-43(8,9)25-24-36(47)44-35(21-23-38(49)52-29-33-16-12-10-13-17-33)39(50)46-42(6,7)28-32(3)55-40(51)53-30-34-18-14-11-15-19-34/h10-19,31-32,35H,20-30H2,1-9H3,(H,44,47)(H,45,48)(H,46,50)/t32?,35-/m0/s1. The van der Waals surface area contributed by atoms with Gasteiger partial charge in [0.2, 0.25) is 17.7 Å². The van der Waals surface area contributed by atoms with Crippen molar-refractivity contribution in [1.82, 2.24) is 16.0 Å². The van der Waals surface area contributed by atoms with E-state index in [2.05, 4.69) is 29.8 Å². The van der Waals surface area contributed by atoms with Crippen LogP contribution in [0.3, 0.4) is 0 Å². The Morgan fingerprint density at radius 1 is 0.655 bits per heavy atom. The van der Waals surface area contributed by atoms with Crippen molar-refractivity contribution in [2.45, 2.75) is 156 Å². The number of carbonyl (C=O) groups excluding carboxylic acids is 5. The highest BCUT2D eigenvalue weighted by molar-refractivity contribution is 5.88. The van der Waals surface area contributed by atoms with Gasteiger partial charge in [0.05, 0.1) is 5.60 Å². The maximum Gasteiger partial charge on any atom is 0.508 e. The van der Waals surface area contributed by atoms with Crippen LogP contribution in [0.15, 0.2) is 60.7 Å². The van der Waals surface area contributed by atoms with Gasteiger partial charge in [0.25, 0.3) is 0 Å². The summed E-state index contributed by atoms with van der Waals surface area (Å²) in [7, 11) is 0. The maximum absolute atomic E-state index is 13.7. The van der Waals surface area contributed by atoms with E-state index in [1.807, 2.05) is 88.4 Å². The lowest BCUT2D eigenvalue weighted by atomic mass is 9.96. The SMILES string of the molecule is CC(C)CCC(=O)NC(C)(C)CCOC(C)(C)CCC(=O)N[C@@H](CCC(=O)OCc1ccccc1)C(=O)NC(C)(C)CC(C)OC(=O)OCc1ccccc1. The molecule has 3 N–H and O–H groups in total. The number of rotatable bonds is 24. The van der Waals surface area contributed by atoms with E-state index in [1.165, 1.54) is 0 Å². The van der Waals surface area contributed by atoms with E-state index < -0.39 is 46.9 Å². The molecule has 2 rings (SSSR count). The van der Waals surface area contributed by atoms with Gasteiger partial charge in [-0.15, -0.1) is 0 Å². The monoisotopic (exact) mass is 767 g/mol. The highest BCUT2D eigenvalue weighted by Gasteiger charge is 2.31. The Morgan fingerprint density at radius 3 is 1.82 bits per heavy atom. The van der Waals surface area contributed by atoms with Crippen molar-refractivity contribution in [3.8, 4) is 0 Å². The van der Waals surface area contributed by atoms with Gasteiger partial charge in [0.1, 0.15) is 25.4 Å². The molecule has 0 heterocycles. The van der Waals surface area contributed by atoms with E-state index in [1.54, 1.807) is 20.8 Å². The van der Waals surface area contributed by atoms with Crippen LogP contribution < -0.4 is 16.0 Å². The Bertz CT molecular complexity index is 1490. The van der Waals surface area contributed by atoms with Gasteiger partial charge in [0.15, 0.2) is 0 Å². The second-order valence-corrected chi connectivity index (χ2v) is 16.6. The van der Waals surface area contributed by atoms with Crippen molar-refractivity contribution in [2.75, 3.05) is 6.61 Å². The second kappa shape index (κ2) is 22.8. The van der Waals surface area contributed by atoms with Crippen LogP contribution >= 0.6 is 0 Å². The van der Waals surface area contributed by atoms with Crippen LogP contribution in [0.1, 0.15) is 125 Å². The Morgan fingerprint density at radius 2 is 1.24 bits per heavy atom. The summed E-state index contributed by atoms with van der Waals surface area (Å²) in [6.45, 7) is 17.7. The van der Waals surface area contributed by atoms with Gasteiger partial charge in [-0.05, 0) is 91.2 Å². The molecule has 0 radical (unpaired) electrons.